The molecule has 0 N–H and O–H groups in total. The Morgan fingerprint density at radius 2 is 2.31 bits per heavy atom. The summed E-state index contributed by atoms with van der Waals surface area (Å²) in [7, 11) is 0. The maximum Gasteiger partial charge on any atom is 0.234 e. The lowest BCUT2D eigenvalue weighted by Crippen LogP contribution is -2.19. The van der Waals surface area contributed by atoms with Crippen molar-refractivity contribution in [2.45, 2.75) is 43.7 Å². The zero-order valence-corrected chi connectivity index (χ0v) is 9.53. The predicted molar refractivity (Wildman–Crippen MR) is 57.7 cm³/mol. The maximum atomic E-state index is 11.3. The lowest BCUT2D eigenvalue weighted by molar-refractivity contribution is -0.124. The maximum absolute atomic E-state index is 11.3. The molecule has 76 valence electrons. The molecule has 2 nitrogen and oxygen atoms in total. The van der Waals surface area contributed by atoms with Crippen LogP contribution >= 0.6 is 23.5 Å². The van der Waals surface area contributed by atoms with Gasteiger partial charge in [0.05, 0.1) is 6.42 Å². The normalized spacial score (nSPS) is 22.8. The minimum absolute atomic E-state index is 0.0290. The highest BCUT2D eigenvalue weighted by Crippen LogP contribution is 2.32. The fourth-order valence-electron chi connectivity index (χ4n) is 1.33. The molecule has 0 bridgehead atoms. The molecule has 1 rings (SSSR count). The van der Waals surface area contributed by atoms with Gasteiger partial charge in [-0.1, -0.05) is 26.2 Å². The van der Waals surface area contributed by atoms with Crippen molar-refractivity contribution in [3.8, 4) is 0 Å². The average Bonchev–Trinajstić information content (AvgIpc) is 2.39. The van der Waals surface area contributed by atoms with Gasteiger partial charge in [0.2, 0.25) is 5.91 Å². The SMILES string of the molecule is CCCCCCN1SC(Cl)CC1=O. The quantitative estimate of drug-likeness (QED) is 0.404. The Hall–Kier alpha value is 0.110. The van der Waals surface area contributed by atoms with Crippen LogP contribution in [0.5, 0.6) is 0 Å². The number of hydrogen-bond acceptors (Lipinski definition) is 2. The van der Waals surface area contributed by atoms with Crippen molar-refractivity contribution in [2.75, 3.05) is 6.54 Å². The molecule has 1 heterocycles. The van der Waals surface area contributed by atoms with Gasteiger partial charge in [0.1, 0.15) is 4.71 Å². The first-order valence-corrected chi connectivity index (χ1v) is 6.12. The van der Waals surface area contributed by atoms with Crippen molar-refractivity contribution in [3.63, 3.8) is 0 Å². The largest absolute Gasteiger partial charge is 0.285 e. The second-order valence-electron chi connectivity index (χ2n) is 3.28. The van der Waals surface area contributed by atoms with Crippen LogP contribution in [0.1, 0.15) is 39.0 Å². The number of amides is 1. The summed E-state index contributed by atoms with van der Waals surface area (Å²) in [6.07, 6.45) is 5.32. The van der Waals surface area contributed by atoms with E-state index in [0.717, 1.165) is 13.0 Å². The fraction of sp³-hybridized carbons (Fsp3) is 0.889. The van der Waals surface area contributed by atoms with Gasteiger partial charge in [-0.15, -0.1) is 11.6 Å². The van der Waals surface area contributed by atoms with Crippen LogP contribution in [-0.4, -0.2) is 21.5 Å². The second kappa shape index (κ2) is 5.76. The van der Waals surface area contributed by atoms with Crippen LogP contribution in [0, 0.1) is 0 Å². The summed E-state index contributed by atoms with van der Waals surface area (Å²) >= 11 is 7.32. The van der Waals surface area contributed by atoms with Crippen LogP contribution in [-0.2, 0) is 4.79 Å². The van der Waals surface area contributed by atoms with Crippen molar-refractivity contribution >= 4 is 29.5 Å². The Bertz CT molecular complexity index is 177. The molecule has 1 amide bonds. The lowest BCUT2D eigenvalue weighted by Gasteiger charge is -2.13. The summed E-state index contributed by atoms with van der Waals surface area (Å²) in [5.41, 5.74) is 0. The van der Waals surface area contributed by atoms with Crippen LogP contribution in [0.15, 0.2) is 0 Å². The molecule has 4 heteroatoms. The predicted octanol–water partition coefficient (Wildman–Crippen LogP) is 3.01. The zero-order chi connectivity index (χ0) is 9.68. The lowest BCUT2D eigenvalue weighted by atomic mass is 10.2. The number of rotatable bonds is 5. The highest BCUT2D eigenvalue weighted by Gasteiger charge is 2.28. The highest BCUT2D eigenvalue weighted by atomic mass is 35.5. The van der Waals surface area contributed by atoms with Gasteiger partial charge in [0, 0.05) is 6.54 Å². The first-order chi connectivity index (χ1) is 6.24. The summed E-state index contributed by atoms with van der Waals surface area (Å²) in [6, 6.07) is 0. The van der Waals surface area contributed by atoms with E-state index in [1.54, 1.807) is 0 Å². The zero-order valence-electron chi connectivity index (χ0n) is 7.96. The van der Waals surface area contributed by atoms with Gasteiger partial charge in [-0.05, 0) is 18.4 Å². The second-order valence-corrected chi connectivity index (χ2v) is 5.28. The number of nitrogens with zero attached hydrogens (tertiary/aromatic N) is 1. The van der Waals surface area contributed by atoms with Gasteiger partial charge in [-0.25, -0.2) is 0 Å². The van der Waals surface area contributed by atoms with E-state index >= 15 is 0 Å². The van der Waals surface area contributed by atoms with Gasteiger partial charge in [0.15, 0.2) is 0 Å². The molecule has 0 aromatic carbocycles. The Morgan fingerprint density at radius 3 is 2.85 bits per heavy atom. The number of unbranched alkanes of at least 4 members (excludes halogenated alkanes) is 3. The Kier molecular flexibility index (Phi) is 4.96. The van der Waals surface area contributed by atoms with Crippen molar-refractivity contribution in [2.24, 2.45) is 0 Å². The topological polar surface area (TPSA) is 20.3 Å². The summed E-state index contributed by atoms with van der Waals surface area (Å²) in [4.78, 5) is 11.3. The van der Waals surface area contributed by atoms with Crippen LogP contribution in [0.4, 0.5) is 0 Å². The Morgan fingerprint density at radius 1 is 1.54 bits per heavy atom. The van der Waals surface area contributed by atoms with Gasteiger partial charge < -0.3 is 0 Å². The van der Waals surface area contributed by atoms with E-state index in [1.807, 2.05) is 4.31 Å². The van der Waals surface area contributed by atoms with Gasteiger partial charge >= 0.3 is 0 Å². The molecular formula is C9H16ClNOS. The standard InChI is InChI=1S/C9H16ClNOS/c1-2-3-4-5-6-11-9(12)7-8(10)13-11/h8H,2-7H2,1H3. The minimum Gasteiger partial charge on any atom is -0.285 e. The van der Waals surface area contributed by atoms with Crippen molar-refractivity contribution < 1.29 is 4.79 Å². The molecule has 1 unspecified atom stereocenters. The van der Waals surface area contributed by atoms with Gasteiger partial charge in [-0.3, -0.25) is 9.10 Å². The molecule has 0 aliphatic carbocycles. The van der Waals surface area contributed by atoms with Crippen LogP contribution in [0.2, 0.25) is 0 Å². The fourth-order valence-corrected chi connectivity index (χ4v) is 2.67. The van der Waals surface area contributed by atoms with E-state index in [1.165, 1.54) is 31.2 Å². The summed E-state index contributed by atoms with van der Waals surface area (Å²) in [5.74, 6) is 0.196. The number of carbonyl (C=O) groups is 1. The summed E-state index contributed by atoms with van der Waals surface area (Å²) in [5, 5.41) is 0. The van der Waals surface area contributed by atoms with Crippen LogP contribution in [0.3, 0.4) is 0 Å². The Balaban J connectivity index is 2.11. The van der Waals surface area contributed by atoms with Crippen LogP contribution < -0.4 is 0 Å². The molecule has 1 saturated heterocycles. The first kappa shape index (κ1) is 11.2. The van der Waals surface area contributed by atoms with E-state index in [0.29, 0.717) is 6.42 Å². The molecule has 1 aliphatic rings. The van der Waals surface area contributed by atoms with Crippen molar-refractivity contribution in [3.05, 3.63) is 0 Å². The number of halogens is 1. The van der Waals surface area contributed by atoms with Crippen molar-refractivity contribution in [1.29, 1.82) is 0 Å². The molecule has 1 aliphatic heterocycles. The number of alkyl halides is 1. The average molecular weight is 222 g/mol. The molecule has 0 radical (unpaired) electrons. The van der Waals surface area contributed by atoms with Gasteiger partial charge in [-0.2, -0.15) is 0 Å². The molecule has 1 atom stereocenters. The number of hydrogen-bond donors (Lipinski definition) is 0. The molecule has 0 aromatic heterocycles. The number of carbonyl (C=O) groups excluding carboxylic acids is 1. The van der Waals surface area contributed by atoms with Crippen molar-refractivity contribution in [1.82, 2.24) is 4.31 Å². The highest BCUT2D eigenvalue weighted by molar-refractivity contribution is 7.99. The van der Waals surface area contributed by atoms with E-state index in [4.69, 9.17) is 11.6 Å². The summed E-state index contributed by atoms with van der Waals surface area (Å²) in [6.45, 7) is 3.05. The molecule has 0 aromatic rings. The van der Waals surface area contributed by atoms with E-state index < -0.39 is 0 Å². The Labute approximate surface area is 89.1 Å². The molecule has 13 heavy (non-hydrogen) atoms. The third kappa shape index (κ3) is 3.77. The molecule has 1 fully saturated rings. The third-order valence-corrected chi connectivity index (χ3v) is 3.50. The van der Waals surface area contributed by atoms with E-state index in [2.05, 4.69) is 6.92 Å². The molecular weight excluding hydrogens is 206 g/mol. The first-order valence-electron chi connectivity index (χ1n) is 4.85. The minimum atomic E-state index is -0.0290. The smallest absolute Gasteiger partial charge is 0.234 e. The van der Waals surface area contributed by atoms with E-state index in [9.17, 15) is 4.79 Å². The van der Waals surface area contributed by atoms with Gasteiger partial charge in [0.25, 0.3) is 0 Å². The molecule has 0 saturated carbocycles. The third-order valence-electron chi connectivity index (χ3n) is 2.07. The van der Waals surface area contributed by atoms with E-state index in [-0.39, 0.29) is 10.6 Å². The summed E-state index contributed by atoms with van der Waals surface area (Å²) < 4.78 is 1.78. The molecule has 0 spiro atoms. The van der Waals surface area contributed by atoms with Crippen LogP contribution in [0.25, 0.3) is 0 Å². The monoisotopic (exact) mass is 221 g/mol.